The molecule has 2 N–H and O–H groups in total. The third-order valence-electron chi connectivity index (χ3n) is 2.17. The quantitative estimate of drug-likeness (QED) is 0.606. The molecule has 0 aliphatic carbocycles. The Hall–Kier alpha value is -0.490. The molecule has 4 heteroatoms. The third kappa shape index (κ3) is 4.25. The molecule has 1 aromatic carbocycles. The zero-order valence-corrected chi connectivity index (χ0v) is 11.6. The van der Waals surface area contributed by atoms with Gasteiger partial charge in [0.1, 0.15) is 0 Å². The highest BCUT2D eigenvalue weighted by Gasteiger charge is 2.04. The van der Waals surface area contributed by atoms with E-state index in [0.717, 1.165) is 24.5 Å². The van der Waals surface area contributed by atoms with Gasteiger partial charge in [0.2, 0.25) is 0 Å². The molecule has 86 valence electrons. The first-order valence-corrected chi connectivity index (χ1v) is 4.80. The van der Waals surface area contributed by atoms with Gasteiger partial charge in [0.15, 0.2) is 11.5 Å². The second-order valence-corrected chi connectivity index (χ2v) is 3.14. The molecule has 0 heterocycles. The van der Waals surface area contributed by atoms with Gasteiger partial charge in [-0.2, -0.15) is 0 Å². The summed E-state index contributed by atoms with van der Waals surface area (Å²) < 4.78 is 10.4. The van der Waals surface area contributed by atoms with Crippen molar-refractivity contribution in [2.75, 3.05) is 27.8 Å². The Morgan fingerprint density at radius 1 is 1.13 bits per heavy atom. The second kappa shape index (κ2) is 7.76. The molecule has 0 spiro atoms. The molecule has 0 aromatic heterocycles. The summed E-state index contributed by atoms with van der Waals surface area (Å²) >= 11 is 0. The standard InChI is InChI=1S/C11H17NO2.HI/c1-12-7-6-9-4-5-10(13-2)11(8-9)14-3;/h4-5,8,12H,6-7H2,1-3H3;1H. The molecule has 0 aliphatic heterocycles. The van der Waals surface area contributed by atoms with E-state index in [0.29, 0.717) is 0 Å². The van der Waals surface area contributed by atoms with Gasteiger partial charge in [-0.25, -0.2) is 0 Å². The van der Waals surface area contributed by atoms with Crippen LogP contribution in [-0.2, 0) is 6.42 Å². The number of likely N-dealkylation sites (N-methyl/N-ethyl adjacent to an activating group) is 1. The second-order valence-electron chi connectivity index (χ2n) is 3.14. The van der Waals surface area contributed by atoms with E-state index in [1.54, 1.807) is 14.2 Å². The maximum absolute atomic E-state index is 5.22. The third-order valence-corrected chi connectivity index (χ3v) is 2.17. The number of rotatable bonds is 5. The first-order valence-electron chi connectivity index (χ1n) is 4.80. The molecule has 0 saturated carbocycles. The Kier molecular flexibility index (Phi) is 7.50. The van der Waals surface area contributed by atoms with Gasteiger partial charge in [0.25, 0.3) is 0 Å². The molecule has 0 aliphatic rings. The highest BCUT2D eigenvalue weighted by atomic mass is 127. The number of quaternary nitrogens is 1. The molecular formula is C11H18INO2. The van der Waals surface area contributed by atoms with Crippen molar-refractivity contribution in [2.45, 2.75) is 6.42 Å². The van der Waals surface area contributed by atoms with Crippen molar-refractivity contribution in [1.29, 1.82) is 0 Å². The predicted molar refractivity (Wildman–Crippen MR) is 56.0 cm³/mol. The van der Waals surface area contributed by atoms with E-state index in [9.17, 15) is 0 Å². The number of hydrogen-bond donors (Lipinski definition) is 1. The number of benzene rings is 1. The van der Waals surface area contributed by atoms with Crippen LogP contribution in [-0.4, -0.2) is 27.8 Å². The number of ether oxygens (including phenoxy) is 2. The van der Waals surface area contributed by atoms with Crippen molar-refractivity contribution >= 4 is 0 Å². The fourth-order valence-electron chi connectivity index (χ4n) is 1.35. The fourth-order valence-corrected chi connectivity index (χ4v) is 1.35. The van der Waals surface area contributed by atoms with E-state index >= 15 is 0 Å². The van der Waals surface area contributed by atoms with Crippen LogP contribution in [0.4, 0.5) is 0 Å². The van der Waals surface area contributed by atoms with Crippen LogP contribution in [0.1, 0.15) is 5.56 Å². The summed E-state index contributed by atoms with van der Waals surface area (Å²) in [5, 5.41) is 2.16. The first kappa shape index (κ1) is 14.5. The van der Waals surface area contributed by atoms with Crippen molar-refractivity contribution < 1.29 is 38.8 Å². The van der Waals surface area contributed by atoms with Gasteiger partial charge in [0, 0.05) is 6.42 Å². The number of nitrogens with two attached hydrogens (primary N) is 1. The van der Waals surface area contributed by atoms with E-state index in [1.807, 2.05) is 12.1 Å². The molecule has 0 amide bonds. The van der Waals surface area contributed by atoms with E-state index in [-0.39, 0.29) is 24.0 Å². The SMILES string of the molecule is C[NH2+]CCc1ccc(OC)c(OC)c1.[I-]. The fraction of sp³-hybridized carbons (Fsp3) is 0.455. The summed E-state index contributed by atoms with van der Waals surface area (Å²) in [5.74, 6) is 1.60. The average molecular weight is 323 g/mol. The average Bonchev–Trinajstić information content (AvgIpc) is 2.25. The van der Waals surface area contributed by atoms with Crippen LogP contribution in [0.25, 0.3) is 0 Å². The van der Waals surface area contributed by atoms with Crippen LogP contribution < -0.4 is 38.8 Å². The molecule has 1 rings (SSSR count). The van der Waals surface area contributed by atoms with Crippen molar-refractivity contribution in [2.24, 2.45) is 0 Å². The molecule has 0 saturated heterocycles. The molecule has 0 radical (unpaired) electrons. The lowest BCUT2D eigenvalue weighted by molar-refractivity contribution is -0.626. The largest absolute Gasteiger partial charge is 1.00 e. The Bertz CT molecular complexity index is 292. The maximum Gasteiger partial charge on any atom is 0.160 e. The normalized spacial score (nSPS) is 9.27. The lowest BCUT2D eigenvalue weighted by Crippen LogP contribution is -3.00. The molecule has 0 bridgehead atoms. The van der Waals surface area contributed by atoms with Gasteiger partial charge in [-0.15, -0.1) is 0 Å². The molecule has 3 nitrogen and oxygen atoms in total. The highest BCUT2D eigenvalue weighted by Crippen LogP contribution is 2.27. The lowest BCUT2D eigenvalue weighted by atomic mass is 10.1. The Morgan fingerprint density at radius 2 is 1.80 bits per heavy atom. The molecule has 1 aromatic rings. The van der Waals surface area contributed by atoms with Crippen molar-refractivity contribution in [3.63, 3.8) is 0 Å². The maximum atomic E-state index is 5.22. The van der Waals surface area contributed by atoms with Gasteiger partial charge in [0.05, 0.1) is 27.8 Å². The first-order chi connectivity index (χ1) is 6.81. The van der Waals surface area contributed by atoms with Crippen LogP contribution in [0, 0.1) is 0 Å². The van der Waals surface area contributed by atoms with E-state index in [2.05, 4.69) is 18.4 Å². The summed E-state index contributed by atoms with van der Waals surface area (Å²) in [7, 11) is 5.38. The zero-order valence-electron chi connectivity index (χ0n) is 9.42. The minimum atomic E-state index is 0. The summed E-state index contributed by atoms with van der Waals surface area (Å²) in [6, 6.07) is 6.05. The lowest BCUT2D eigenvalue weighted by Gasteiger charge is -2.08. The number of halogens is 1. The molecule has 0 atom stereocenters. The van der Waals surface area contributed by atoms with E-state index in [1.165, 1.54) is 5.56 Å². The smallest absolute Gasteiger partial charge is 0.160 e. The van der Waals surface area contributed by atoms with Crippen molar-refractivity contribution in [3.8, 4) is 11.5 Å². The Labute approximate surface area is 108 Å². The van der Waals surface area contributed by atoms with Gasteiger partial charge in [-0.1, -0.05) is 6.07 Å². The summed E-state index contributed by atoms with van der Waals surface area (Å²) in [6.45, 7) is 1.09. The van der Waals surface area contributed by atoms with Crippen molar-refractivity contribution in [1.82, 2.24) is 0 Å². The highest BCUT2D eigenvalue weighted by molar-refractivity contribution is 5.42. The van der Waals surface area contributed by atoms with Crippen LogP contribution in [0.15, 0.2) is 18.2 Å². The number of methoxy groups -OCH3 is 2. The van der Waals surface area contributed by atoms with Gasteiger partial charge < -0.3 is 38.8 Å². The van der Waals surface area contributed by atoms with Gasteiger partial charge in [-0.3, -0.25) is 0 Å². The Morgan fingerprint density at radius 3 is 2.33 bits per heavy atom. The van der Waals surface area contributed by atoms with E-state index < -0.39 is 0 Å². The van der Waals surface area contributed by atoms with Crippen molar-refractivity contribution in [3.05, 3.63) is 23.8 Å². The summed E-state index contributed by atoms with van der Waals surface area (Å²) in [6.07, 6.45) is 1.05. The van der Waals surface area contributed by atoms with Gasteiger partial charge >= 0.3 is 0 Å². The summed E-state index contributed by atoms with van der Waals surface area (Å²) in [4.78, 5) is 0. The van der Waals surface area contributed by atoms with E-state index in [4.69, 9.17) is 9.47 Å². The van der Waals surface area contributed by atoms with Crippen LogP contribution in [0.2, 0.25) is 0 Å². The van der Waals surface area contributed by atoms with Crippen LogP contribution in [0.5, 0.6) is 11.5 Å². The monoisotopic (exact) mass is 323 g/mol. The molecular weight excluding hydrogens is 305 g/mol. The van der Waals surface area contributed by atoms with Crippen LogP contribution in [0.3, 0.4) is 0 Å². The minimum Gasteiger partial charge on any atom is -1.00 e. The number of hydrogen-bond acceptors (Lipinski definition) is 2. The Balaban J connectivity index is 0.00000196. The molecule has 0 unspecified atom stereocenters. The minimum absolute atomic E-state index is 0. The zero-order chi connectivity index (χ0) is 10.4. The van der Waals surface area contributed by atoms with Gasteiger partial charge in [-0.05, 0) is 17.7 Å². The molecule has 0 fully saturated rings. The predicted octanol–water partition coefficient (Wildman–Crippen LogP) is -2.56. The molecule has 15 heavy (non-hydrogen) atoms. The topological polar surface area (TPSA) is 35.1 Å². The summed E-state index contributed by atoms with van der Waals surface area (Å²) in [5.41, 5.74) is 1.28. The van der Waals surface area contributed by atoms with Crippen LogP contribution >= 0.6 is 0 Å².